The molecular formula is C15H18N2O5. The molecule has 1 saturated heterocycles. The SMILES string of the molecule is CC(C)(CNC(=O)c1ccc2c(c1)OCO2)N1CCOC1=O. The van der Waals surface area contributed by atoms with Crippen LogP contribution in [0.4, 0.5) is 4.79 Å². The number of carbonyl (C=O) groups excluding carboxylic acids is 2. The van der Waals surface area contributed by atoms with E-state index in [2.05, 4.69) is 5.32 Å². The van der Waals surface area contributed by atoms with Gasteiger partial charge in [-0.1, -0.05) is 0 Å². The molecule has 2 heterocycles. The van der Waals surface area contributed by atoms with Gasteiger partial charge in [0.1, 0.15) is 6.61 Å². The number of carbonyl (C=O) groups is 2. The zero-order chi connectivity index (χ0) is 15.7. The molecule has 0 bridgehead atoms. The van der Waals surface area contributed by atoms with E-state index in [9.17, 15) is 9.59 Å². The number of ether oxygens (including phenoxy) is 3. The predicted octanol–water partition coefficient (Wildman–Crippen LogP) is 1.38. The van der Waals surface area contributed by atoms with Gasteiger partial charge in [0.25, 0.3) is 5.91 Å². The molecule has 1 N–H and O–H groups in total. The summed E-state index contributed by atoms with van der Waals surface area (Å²) in [5.41, 5.74) is -0.0244. The second kappa shape index (κ2) is 5.40. The minimum absolute atomic E-state index is 0.171. The van der Waals surface area contributed by atoms with Gasteiger partial charge in [-0.3, -0.25) is 9.69 Å². The molecule has 0 aliphatic carbocycles. The highest BCUT2D eigenvalue weighted by Gasteiger charge is 2.36. The van der Waals surface area contributed by atoms with Crippen molar-refractivity contribution in [2.24, 2.45) is 0 Å². The van der Waals surface area contributed by atoms with Crippen molar-refractivity contribution in [2.45, 2.75) is 19.4 Å². The van der Waals surface area contributed by atoms with Gasteiger partial charge in [0.2, 0.25) is 6.79 Å². The van der Waals surface area contributed by atoms with E-state index in [1.165, 1.54) is 0 Å². The summed E-state index contributed by atoms with van der Waals surface area (Å²) in [6.07, 6.45) is -0.345. The fourth-order valence-corrected chi connectivity index (χ4v) is 2.48. The van der Waals surface area contributed by atoms with Crippen LogP contribution in [0.2, 0.25) is 0 Å². The highest BCUT2D eigenvalue weighted by Crippen LogP contribution is 2.32. The average molecular weight is 306 g/mol. The first-order chi connectivity index (χ1) is 10.5. The molecule has 22 heavy (non-hydrogen) atoms. The first-order valence-electron chi connectivity index (χ1n) is 7.10. The topological polar surface area (TPSA) is 77.1 Å². The highest BCUT2D eigenvalue weighted by atomic mass is 16.7. The quantitative estimate of drug-likeness (QED) is 0.909. The van der Waals surface area contributed by atoms with E-state index in [0.29, 0.717) is 36.8 Å². The van der Waals surface area contributed by atoms with Gasteiger partial charge in [0.05, 0.1) is 12.1 Å². The molecule has 7 heteroatoms. The molecule has 118 valence electrons. The molecule has 2 aliphatic heterocycles. The first-order valence-corrected chi connectivity index (χ1v) is 7.10. The maximum absolute atomic E-state index is 12.2. The molecule has 0 spiro atoms. The Hall–Kier alpha value is -2.44. The van der Waals surface area contributed by atoms with E-state index < -0.39 is 5.54 Å². The van der Waals surface area contributed by atoms with Crippen molar-refractivity contribution in [1.29, 1.82) is 0 Å². The Labute approximate surface area is 128 Å². The number of benzene rings is 1. The number of cyclic esters (lactones) is 1. The van der Waals surface area contributed by atoms with E-state index in [1.54, 1.807) is 23.1 Å². The zero-order valence-electron chi connectivity index (χ0n) is 12.5. The van der Waals surface area contributed by atoms with E-state index in [0.717, 1.165) is 0 Å². The Morgan fingerprint density at radius 2 is 2.05 bits per heavy atom. The van der Waals surface area contributed by atoms with Crippen LogP contribution in [0.25, 0.3) is 0 Å². The summed E-state index contributed by atoms with van der Waals surface area (Å²) in [5, 5.41) is 2.84. The molecule has 0 radical (unpaired) electrons. The monoisotopic (exact) mass is 306 g/mol. The van der Waals surface area contributed by atoms with Gasteiger partial charge in [-0.15, -0.1) is 0 Å². The lowest BCUT2D eigenvalue weighted by Gasteiger charge is -2.33. The van der Waals surface area contributed by atoms with Gasteiger partial charge < -0.3 is 19.5 Å². The summed E-state index contributed by atoms with van der Waals surface area (Å²) < 4.78 is 15.4. The molecule has 2 amide bonds. The summed E-state index contributed by atoms with van der Waals surface area (Å²) in [6.45, 7) is 5.20. The number of fused-ring (bicyclic) bond motifs is 1. The lowest BCUT2D eigenvalue weighted by atomic mass is 10.0. The molecule has 1 aromatic rings. The number of rotatable bonds is 4. The van der Waals surface area contributed by atoms with E-state index in [-0.39, 0.29) is 18.8 Å². The lowest BCUT2D eigenvalue weighted by Crippen LogP contribution is -2.52. The number of nitrogens with one attached hydrogen (secondary N) is 1. The Bertz CT molecular complexity index is 614. The third-order valence-corrected chi connectivity index (χ3v) is 3.81. The van der Waals surface area contributed by atoms with Crippen LogP contribution in [0, 0.1) is 0 Å². The largest absolute Gasteiger partial charge is 0.454 e. The molecule has 0 saturated carbocycles. The molecule has 1 fully saturated rings. The third kappa shape index (κ3) is 2.66. The molecule has 0 unspecified atom stereocenters. The molecule has 3 rings (SSSR count). The molecule has 0 atom stereocenters. The van der Waals surface area contributed by atoms with Crippen LogP contribution in [0.1, 0.15) is 24.2 Å². The van der Waals surface area contributed by atoms with Crippen LogP contribution < -0.4 is 14.8 Å². The second-order valence-electron chi connectivity index (χ2n) is 5.83. The van der Waals surface area contributed by atoms with E-state index in [1.807, 2.05) is 13.8 Å². The predicted molar refractivity (Wildman–Crippen MR) is 77.0 cm³/mol. The summed E-state index contributed by atoms with van der Waals surface area (Å²) in [4.78, 5) is 25.5. The van der Waals surface area contributed by atoms with Crippen LogP contribution in [-0.2, 0) is 4.74 Å². The van der Waals surface area contributed by atoms with Crippen molar-refractivity contribution in [3.63, 3.8) is 0 Å². The number of nitrogens with zero attached hydrogens (tertiary/aromatic N) is 1. The maximum Gasteiger partial charge on any atom is 0.410 e. The van der Waals surface area contributed by atoms with Crippen molar-refractivity contribution >= 4 is 12.0 Å². The van der Waals surface area contributed by atoms with Crippen LogP contribution in [0.5, 0.6) is 11.5 Å². The summed E-state index contributed by atoms with van der Waals surface area (Å²) >= 11 is 0. The molecule has 2 aliphatic rings. The minimum atomic E-state index is -0.514. The van der Waals surface area contributed by atoms with Crippen LogP contribution in [0.3, 0.4) is 0 Å². The molecular weight excluding hydrogens is 288 g/mol. The Morgan fingerprint density at radius 3 is 2.77 bits per heavy atom. The standard InChI is InChI=1S/C15H18N2O5/c1-15(2,17-5-6-20-14(17)19)8-16-13(18)10-3-4-11-12(7-10)22-9-21-11/h3-4,7H,5-6,8-9H2,1-2H3,(H,16,18). The van der Waals surface area contributed by atoms with Gasteiger partial charge in [0.15, 0.2) is 11.5 Å². The Kier molecular flexibility index (Phi) is 3.56. The van der Waals surface area contributed by atoms with Crippen molar-refractivity contribution in [2.75, 3.05) is 26.5 Å². The molecule has 1 aromatic carbocycles. The fourth-order valence-electron chi connectivity index (χ4n) is 2.48. The van der Waals surface area contributed by atoms with Crippen molar-refractivity contribution in [1.82, 2.24) is 10.2 Å². The van der Waals surface area contributed by atoms with Crippen molar-refractivity contribution < 1.29 is 23.8 Å². The minimum Gasteiger partial charge on any atom is -0.454 e. The Morgan fingerprint density at radius 1 is 1.27 bits per heavy atom. The summed E-state index contributed by atoms with van der Waals surface area (Å²) in [7, 11) is 0. The van der Waals surface area contributed by atoms with Crippen LogP contribution in [0.15, 0.2) is 18.2 Å². The fraction of sp³-hybridized carbons (Fsp3) is 0.467. The average Bonchev–Trinajstić information content (AvgIpc) is 3.12. The van der Waals surface area contributed by atoms with E-state index in [4.69, 9.17) is 14.2 Å². The van der Waals surface area contributed by atoms with E-state index >= 15 is 0 Å². The molecule has 0 aromatic heterocycles. The number of hydrogen-bond acceptors (Lipinski definition) is 5. The first kappa shape index (κ1) is 14.5. The van der Waals surface area contributed by atoms with Gasteiger partial charge in [-0.2, -0.15) is 0 Å². The number of amides is 2. The van der Waals surface area contributed by atoms with Gasteiger partial charge in [-0.25, -0.2) is 4.79 Å². The smallest absolute Gasteiger partial charge is 0.410 e. The third-order valence-electron chi connectivity index (χ3n) is 3.81. The second-order valence-corrected chi connectivity index (χ2v) is 5.83. The Balaban J connectivity index is 1.63. The van der Waals surface area contributed by atoms with Crippen LogP contribution >= 0.6 is 0 Å². The van der Waals surface area contributed by atoms with Crippen molar-refractivity contribution in [3.8, 4) is 11.5 Å². The van der Waals surface area contributed by atoms with Gasteiger partial charge in [-0.05, 0) is 32.0 Å². The summed E-state index contributed by atoms with van der Waals surface area (Å²) in [5.74, 6) is 0.977. The number of hydrogen-bond donors (Lipinski definition) is 1. The van der Waals surface area contributed by atoms with Gasteiger partial charge >= 0.3 is 6.09 Å². The lowest BCUT2D eigenvalue weighted by molar-refractivity contribution is 0.0902. The maximum atomic E-state index is 12.2. The normalized spacial score (nSPS) is 16.6. The highest BCUT2D eigenvalue weighted by molar-refractivity contribution is 5.95. The molecule has 7 nitrogen and oxygen atoms in total. The zero-order valence-corrected chi connectivity index (χ0v) is 12.5. The summed E-state index contributed by atoms with van der Waals surface area (Å²) in [6, 6.07) is 5.04. The van der Waals surface area contributed by atoms with Crippen LogP contribution in [-0.4, -0.2) is 48.9 Å². The van der Waals surface area contributed by atoms with Crippen molar-refractivity contribution in [3.05, 3.63) is 23.8 Å². The van der Waals surface area contributed by atoms with Gasteiger partial charge in [0, 0.05) is 12.1 Å².